The molecule has 0 aliphatic heterocycles. The third kappa shape index (κ3) is 2.73. The summed E-state index contributed by atoms with van der Waals surface area (Å²) in [5.74, 6) is 0. The molecule has 1 aromatic rings. The second kappa shape index (κ2) is 5.81. The molecule has 0 amide bonds. The molecule has 0 atom stereocenters. The summed E-state index contributed by atoms with van der Waals surface area (Å²) < 4.78 is 26.3. The third-order valence-electron chi connectivity index (χ3n) is 3.36. The Balaban J connectivity index is 2.23. The molecule has 0 bridgehead atoms. The van der Waals surface area contributed by atoms with E-state index in [2.05, 4.69) is 10.2 Å². The normalized spacial score (nSPS) is 18.3. The molecule has 0 aromatic carbocycles. The minimum Gasteiger partial charge on any atom is -0.395 e. The summed E-state index contributed by atoms with van der Waals surface area (Å²) in [6.45, 7) is -0.0180. The summed E-state index contributed by atoms with van der Waals surface area (Å²) in [5.41, 5.74) is 0. The highest BCUT2D eigenvalue weighted by molar-refractivity contribution is 7.89. The molecule has 18 heavy (non-hydrogen) atoms. The van der Waals surface area contributed by atoms with Crippen molar-refractivity contribution in [2.75, 3.05) is 13.2 Å². The summed E-state index contributed by atoms with van der Waals surface area (Å²) in [6.07, 6.45) is 6.41. The zero-order chi connectivity index (χ0) is 13.0. The SMILES string of the molecule is O=S(=O)(c1ccn[nH]1)N(CCO)C1CCCCC1. The average Bonchev–Trinajstić information content (AvgIpc) is 2.91. The molecule has 1 aliphatic rings. The highest BCUT2D eigenvalue weighted by atomic mass is 32.2. The third-order valence-corrected chi connectivity index (χ3v) is 5.25. The molecule has 102 valence electrons. The summed E-state index contributed by atoms with van der Waals surface area (Å²) in [4.78, 5) is 0. The van der Waals surface area contributed by atoms with Gasteiger partial charge in [0.05, 0.1) is 12.8 Å². The lowest BCUT2D eigenvalue weighted by molar-refractivity contribution is 0.199. The summed E-state index contributed by atoms with van der Waals surface area (Å²) >= 11 is 0. The van der Waals surface area contributed by atoms with E-state index in [0.717, 1.165) is 32.1 Å². The van der Waals surface area contributed by atoms with Gasteiger partial charge in [-0.1, -0.05) is 19.3 Å². The van der Waals surface area contributed by atoms with Crippen molar-refractivity contribution < 1.29 is 13.5 Å². The Morgan fingerprint density at radius 3 is 2.67 bits per heavy atom. The number of hydrogen-bond donors (Lipinski definition) is 2. The van der Waals surface area contributed by atoms with Gasteiger partial charge in [0, 0.05) is 12.6 Å². The summed E-state index contributed by atoms with van der Waals surface area (Å²) in [7, 11) is -3.56. The Bertz CT molecular complexity index is 452. The van der Waals surface area contributed by atoms with Gasteiger partial charge >= 0.3 is 0 Å². The number of aromatic amines is 1. The molecule has 1 heterocycles. The van der Waals surface area contributed by atoms with Gasteiger partial charge in [-0.25, -0.2) is 8.42 Å². The number of rotatable bonds is 5. The molecular formula is C11H19N3O3S. The molecule has 1 saturated carbocycles. The summed E-state index contributed by atoms with van der Waals surface area (Å²) in [5, 5.41) is 15.4. The van der Waals surface area contributed by atoms with E-state index in [1.807, 2.05) is 0 Å². The minimum absolute atomic E-state index is 0.000741. The van der Waals surface area contributed by atoms with Crippen molar-refractivity contribution in [1.29, 1.82) is 0 Å². The quantitative estimate of drug-likeness (QED) is 0.828. The van der Waals surface area contributed by atoms with Gasteiger partial charge in [0.25, 0.3) is 10.0 Å². The van der Waals surface area contributed by atoms with Gasteiger partial charge in [0.1, 0.15) is 0 Å². The average molecular weight is 273 g/mol. The second-order valence-corrected chi connectivity index (χ2v) is 6.41. The molecule has 2 rings (SSSR count). The van der Waals surface area contributed by atoms with Crippen molar-refractivity contribution in [3.63, 3.8) is 0 Å². The standard InChI is InChI=1S/C11H19N3O3S/c15-9-8-14(10-4-2-1-3-5-10)18(16,17)11-6-7-12-13-11/h6-7,10,15H,1-5,8-9H2,(H,12,13). The van der Waals surface area contributed by atoms with Crippen molar-refractivity contribution >= 4 is 10.0 Å². The van der Waals surface area contributed by atoms with Gasteiger partial charge in [-0.3, -0.25) is 5.10 Å². The topological polar surface area (TPSA) is 86.3 Å². The maximum atomic E-state index is 12.4. The van der Waals surface area contributed by atoms with Gasteiger partial charge in [0.2, 0.25) is 0 Å². The van der Waals surface area contributed by atoms with Crippen LogP contribution >= 0.6 is 0 Å². The van der Waals surface area contributed by atoms with E-state index < -0.39 is 10.0 Å². The van der Waals surface area contributed by atoms with Crippen molar-refractivity contribution in [3.05, 3.63) is 12.3 Å². The number of nitrogens with zero attached hydrogens (tertiary/aromatic N) is 2. The second-order valence-electron chi connectivity index (χ2n) is 4.55. The fourth-order valence-corrected chi connectivity index (χ4v) is 4.06. The van der Waals surface area contributed by atoms with E-state index in [9.17, 15) is 8.42 Å². The minimum atomic E-state index is -3.56. The number of sulfonamides is 1. The van der Waals surface area contributed by atoms with Gasteiger partial charge in [-0.05, 0) is 18.9 Å². The van der Waals surface area contributed by atoms with Crippen LogP contribution in [0.25, 0.3) is 0 Å². The van der Waals surface area contributed by atoms with E-state index in [4.69, 9.17) is 5.11 Å². The lowest BCUT2D eigenvalue weighted by atomic mass is 9.95. The maximum Gasteiger partial charge on any atom is 0.260 e. The Labute approximate surface area is 107 Å². The van der Waals surface area contributed by atoms with E-state index in [1.54, 1.807) is 0 Å². The first-order valence-electron chi connectivity index (χ1n) is 6.28. The zero-order valence-corrected chi connectivity index (χ0v) is 11.1. The van der Waals surface area contributed by atoms with Gasteiger partial charge in [-0.15, -0.1) is 0 Å². The molecular weight excluding hydrogens is 254 g/mol. The largest absolute Gasteiger partial charge is 0.395 e. The first kappa shape index (κ1) is 13.5. The number of aliphatic hydroxyl groups excluding tert-OH is 1. The van der Waals surface area contributed by atoms with Gasteiger partial charge < -0.3 is 5.11 Å². The van der Waals surface area contributed by atoms with Crippen LogP contribution < -0.4 is 0 Å². The molecule has 1 aliphatic carbocycles. The highest BCUT2D eigenvalue weighted by Crippen LogP contribution is 2.26. The molecule has 1 aromatic heterocycles. The first-order chi connectivity index (χ1) is 8.66. The number of aromatic nitrogens is 2. The fraction of sp³-hybridized carbons (Fsp3) is 0.727. The predicted octanol–water partition coefficient (Wildman–Crippen LogP) is 0.725. The molecule has 1 fully saturated rings. The Morgan fingerprint density at radius 2 is 2.11 bits per heavy atom. The monoisotopic (exact) mass is 273 g/mol. The van der Waals surface area contributed by atoms with E-state index in [1.165, 1.54) is 16.6 Å². The van der Waals surface area contributed by atoms with Crippen molar-refractivity contribution in [3.8, 4) is 0 Å². The fourth-order valence-electron chi connectivity index (χ4n) is 2.48. The van der Waals surface area contributed by atoms with Crippen LogP contribution in [0.5, 0.6) is 0 Å². The molecule has 0 unspecified atom stereocenters. The summed E-state index contributed by atoms with van der Waals surface area (Å²) in [6, 6.07) is 1.45. The lowest BCUT2D eigenvalue weighted by Gasteiger charge is -2.32. The molecule has 0 spiro atoms. The van der Waals surface area contributed by atoms with Crippen LogP contribution in [0.2, 0.25) is 0 Å². The van der Waals surface area contributed by atoms with Crippen LogP contribution in [-0.2, 0) is 10.0 Å². The lowest BCUT2D eigenvalue weighted by Crippen LogP contribution is -2.43. The van der Waals surface area contributed by atoms with Crippen LogP contribution in [0.1, 0.15) is 32.1 Å². The van der Waals surface area contributed by atoms with E-state index in [-0.39, 0.29) is 24.2 Å². The molecule has 7 heteroatoms. The van der Waals surface area contributed by atoms with E-state index in [0.29, 0.717) is 0 Å². The smallest absolute Gasteiger partial charge is 0.260 e. The maximum absolute atomic E-state index is 12.4. The number of hydrogen-bond acceptors (Lipinski definition) is 4. The van der Waals surface area contributed by atoms with Crippen LogP contribution in [0.4, 0.5) is 0 Å². The molecule has 6 nitrogen and oxygen atoms in total. The van der Waals surface area contributed by atoms with Crippen LogP contribution in [-0.4, -0.2) is 47.2 Å². The predicted molar refractivity (Wildman–Crippen MR) is 66.4 cm³/mol. The molecule has 0 saturated heterocycles. The van der Waals surface area contributed by atoms with Gasteiger partial charge in [-0.2, -0.15) is 9.40 Å². The Kier molecular flexibility index (Phi) is 4.36. The molecule has 0 radical (unpaired) electrons. The highest BCUT2D eigenvalue weighted by Gasteiger charge is 2.32. The van der Waals surface area contributed by atoms with E-state index >= 15 is 0 Å². The number of aliphatic hydroxyl groups is 1. The first-order valence-corrected chi connectivity index (χ1v) is 7.72. The number of nitrogens with one attached hydrogen (secondary N) is 1. The van der Waals surface area contributed by atoms with Gasteiger partial charge in [0.15, 0.2) is 5.03 Å². The van der Waals surface area contributed by atoms with Crippen LogP contribution in [0.15, 0.2) is 17.3 Å². The Morgan fingerprint density at radius 1 is 1.39 bits per heavy atom. The van der Waals surface area contributed by atoms with Crippen molar-refractivity contribution in [1.82, 2.24) is 14.5 Å². The number of H-pyrrole nitrogens is 1. The van der Waals surface area contributed by atoms with Crippen LogP contribution in [0.3, 0.4) is 0 Å². The zero-order valence-electron chi connectivity index (χ0n) is 10.2. The van der Waals surface area contributed by atoms with Crippen molar-refractivity contribution in [2.24, 2.45) is 0 Å². The molecule has 2 N–H and O–H groups in total. The van der Waals surface area contributed by atoms with Crippen molar-refractivity contribution in [2.45, 2.75) is 43.2 Å². The van der Waals surface area contributed by atoms with Crippen LogP contribution in [0, 0.1) is 0 Å². The Hall–Kier alpha value is -0.920.